The van der Waals surface area contributed by atoms with Gasteiger partial charge in [-0.05, 0) is 56.4 Å². The zero-order chi connectivity index (χ0) is 21.1. The van der Waals surface area contributed by atoms with Crippen LogP contribution in [0.2, 0.25) is 0 Å². The number of hydrogen-bond donors (Lipinski definition) is 0. The minimum absolute atomic E-state index is 0.0745. The highest BCUT2D eigenvalue weighted by Crippen LogP contribution is 2.31. The zero-order valence-electron chi connectivity index (χ0n) is 15.7. The molecular weight excluding hydrogens is 453 g/mol. The topological polar surface area (TPSA) is 9.23 Å². The van der Waals surface area contributed by atoms with Crippen LogP contribution in [0.4, 0.5) is 13.2 Å². The Balaban J connectivity index is 1.53. The van der Waals surface area contributed by atoms with Gasteiger partial charge in [-0.25, -0.2) is 13.2 Å². The third kappa shape index (κ3) is 4.26. The van der Waals surface area contributed by atoms with Gasteiger partial charge in [-0.15, -0.1) is 0 Å². The first-order valence-corrected chi connectivity index (χ1v) is 10.0. The minimum Gasteiger partial charge on any atom is -0.486 e. The van der Waals surface area contributed by atoms with E-state index in [-0.39, 0.29) is 22.4 Å². The van der Waals surface area contributed by atoms with E-state index < -0.39 is 17.5 Å². The van der Waals surface area contributed by atoms with Gasteiger partial charge in [0.05, 0.1) is 4.47 Å². The Morgan fingerprint density at radius 1 is 0.667 bits per heavy atom. The van der Waals surface area contributed by atoms with Gasteiger partial charge in [-0.1, -0.05) is 66.7 Å². The van der Waals surface area contributed by atoms with Crippen LogP contribution < -0.4 is 4.74 Å². The maximum Gasteiger partial charge on any atom is 0.173 e. The normalized spacial score (nSPS) is 10.8. The molecule has 0 unspecified atom stereocenters. The van der Waals surface area contributed by atoms with Gasteiger partial charge in [0.15, 0.2) is 23.2 Å². The summed E-state index contributed by atoms with van der Waals surface area (Å²) in [6.45, 7) is 0.279. The molecule has 30 heavy (non-hydrogen) atoms. The fraction of sp³-hybridized carbons (Fsp3) is 0.0400. The number of ether oxygens (including phenoxy) is 1. The maximum atomic E-state index is 14.5. The van der Waals surface area contributed by atoms with Gasteiger partial charge in [-0.3, -0.25) is 0 Å². The van der Waals surface area contributed by atoms with E-state index in [1.165, 1.54) is 18.2 Å². The predicted molar refractivity (Wildman–Crippen MR) is 116 cm³/mol. The molecule has 4 aromatic rings. The lowest BCUT2D eigenvalue weighted by Crippen LogP contribution is -1.97. The molecule has 0 N–H and O–H groups in total. The van der Waals surface area contributed by atoms with Crippen molar-refractivity contribution in [2.45, 2.75) is 6.61 Å². The van der Waals surface area contributed by atoms with Crippen molar-refractivity contribution in [3.8, 4) is 28.0 Å². The summed E-state index contributed by atoms with van der Waals surface area (Å²) < 4.78 is 48.1. The van der Waals surface area contributed by atoms with E-state index in [0.29, 0.717) is 11.1 Å². The second-order valence-corrected chi connectivity index (χ2v) is 7.57. The lowest BCUT2D eigenvalue weighted by Gasteiger charge is -2.10. The summed E-state index contributed by atoms with van der Waals surface area (Å²) in [6.07, 6.45) is 0. The van der Waals surface area contributed by atoms with Gasteiger partial charge < -0.3 is 4.74 Å². The first kappa shape index (κ1) is 20.2. The molecular formula is C25H16BrF3O. The number of hydrogen-bond acceptors (Lipinski definition) is 1. The molecule has 0 atom stereocenters. The SMILES string of the molecule is Fc1cc(-c2ccc(-c3ccc(Br)c(F)c3F)cc2)ccc1OCc1ccccc1. The van der Waals surface area contributed by atoms with E-state index in [1.807, 2.05) is 30.3 Å². The largest absolute Gasteiger partial charge is 0.486 e. The quantitative estimate of drug-likeness (QED) is 0.271. The van der Waals surface area contributed by atoms with E-state index in [1.54, 1.807) is 36.4 Å². The summed E-state index contributed by atoms with van der Waals surface area (Å²) in [7, 11) is 0. The Kier molecular flexibility index (Phi) is 5.91. The van der Waals surface area contributed by atoms with Crippen molar-refractivity contribution in [2.24, 2.45) is 0 Å². The molecule has 4 aromatic carbocycles. The molecule has 0 heterocycles. The summed E-state index contributed by atoms with van der Waals surface area (Å²) in [5.41, 5.74) is 3.07. The van der Waals surface area contributed by atoms with Crippen LogP contribution in [0.25, 0.3) is 22.3 Å². The van der Waals surface area contributed by atoms with Gasteiger partial charge in [0.2, 0.25) is 0 Å². The second-order valence-electron chi connectivity index (χ2n) is 6.72. The van der Waals surface area contributed by atoms with Gasteiger partial charge >= 0.3 is 0 Å². The van der Waals surface area contributed by atoms with Crippen molar-refractivity contribution in [2.75, 3.05) is 0 Å². The van der Waals surface area contributed by atoms with Crippen LogP contribution in [-0.2, 0) is 6.61 Å². The van der Waals surface area contributed by atoms with Crippen molar-refractivity contribution < 1.29 is 17.9 Å². The summed E-state index contributed by atoms with van der Waals surface area (Å²) in [6, 6.07) is 24.1. The van der Waals surface area contributed by atoms with Crippen molar-refractivity contribution in [1.82, 2.24) is 0 Å². The molecule has 150 valence electrons. The number of benzene rings is 4. The van der Waals surface area contributed by atoms with Gasteiger partial charge in [0, 0.05) is 5.56 Å². The first-order valence-electron chi connectivity index (χ1n) is 9.23. The smallest absolute Gasteiger partial charge is 0.173 e. The summed E-state index contributed by atoms with van der Waals surface area (Å²) in [4.78, 5) is 0. The molecule has 0 radical (unpaired) electrons. The fourth-order valence-electron chi connectivity index (χ4n) is 3.12. The lowest BCUT2D eigenvalue weighted by atomic mass is 10.00. The van der Waals surface area contributed by atoms with Crippen LogP contribution >= 0.6 is 15.9 Å². The van der Waals surface area contributed by atoms with E-state index in [9.17, 15) is 13.2 Å². The van der Waals surface area contributed by atoms with Gasteiger partial charge in [0.25, 0.3) is 0 Å². The molecule has 0 saturated carbocycles. The highest BCUT2D eigenvalue weighted by molar-refractivity contribution is 9.10. The van der Waals surface area contributed by atoms with E-state index >= 15 is 0 Å². The average molecular weight is 469 g/mol. The van der Waals surface area contributed by atoms with Crippen LogP contribution in [0.5, 0.6) is 5.75 Å². The highest BCUT2D eigenvalue weighted by atomic mass is 79.9. The Hall–Kier alpha value is -3.05. The molecule has 1 nitrogen and oxygen atoms in total. The highest BCUT2D eigenvalue weighted by Gasteiger charge is 2.14. The van der Waals surface area contributed by atoms with E-state index in [0.717, 1.165) is 11.1 Å². The molecule has 0 amide bonds. The van der Waals surface area contributed by atoms with Crippen molar-refractivity contribution in [3.05, 3.63) is 112 Å². The zero-order valence-corrected chi connectivity index (χ0v) is 17.3. The van der Waals surface area contributed by atoms with Gasteiger partial charge in [-0.2, -0.15) is 0 Å². The summed E-state index contributed by atoms with van der Waals surface area (Å²) >= 11 is 2.97. The standard InChI is InChI=1S/C25H16BrF3O/c26-21-12-11-20(24(28)25(21)29)18-8-6-17(7-9-18)19-10-13-23(22(27)14-19)30-15-16-4-2-1-3-5-16/h1-14H,15H2. The lowest BCUT2D eigenvalue weighted by molar-refractivity contribution is 0.290. The second kappa shape index (κ2) is 8.76. The summed E-state index contributed by atoms with van der Waals surface area (Å²) in [5.74, 6) is -2.13. The van der Waals surface area contributed by atoms with Crippen molar-refractivity contribution >= 4 is 15.9 Å². The molecule has 0 aliphatic carbocycles. The maximum absolute atomic E-state index is 14.5. The molecule has 0 saturated heterocycles. The van der Waals surface area contributed by atoms with Crippen LogP contribution in [0.1, 0.15) is 5.56 Å². The predicted octanol–water partition coefficient (Wildman–Crippen LogP) is 7.78. The molecule has 0 aliphatic rings. The molecule has 0 bridgehead atoms. The van der Waals surface area contributed by atoms with Gasteiger partial charge in [0.1, 0.15) is 6.61 Å². The molecule has 0 aliphatic heterocycles. The molecule has 5 heteroatoms. The average Bonchev–Trinajstić information content (AvgIpc) is 2.78. The molecule has 0 fully saturated rings. The first-order chi connectivity index (χ1) is 14.5. The van der Waals surface area contributed by atoms with Crippen LogP contribution in [0.15, 0.2) is 89.4 Å². The third-order valence-corrected chi connectivity index (χ3v) is 5.35. The minimum atomic E-state index is -0.926. The van der Waals surface area contributed by atoms with E-state index in [4.69, 9.17) is 4.74 Å². The molecule has 4 rings (SSSR count). The van der Waals surface area contributed by atoms with Crippen molar-refractivity contribution in [3.63, 3.8) is 0 Å². The number of halogens is 4. The Morgan fingerprint density at radius 2 is 1.33 bits per heavy atom. The van der Waals surface area contributed by atoms with Crippen LogP contribution in [0, 0.1) is 17.5 Å². The molecule has 0 aromatic heterocycles. The van der Waals surface area contributed by atoms with Crippen LogP contribution in [-0.4, -0.2) is 0 Å². The third-order valence-electron chi connectivity index (χ3n) is 4.73. The Labute approximate surface area is 180 Å². The van der Waals surface area contributed by atoms with Crippen molar-refractivity contribution in [1.29, 1.82) is 0 Å². The Bertz CT molecular complexity index is 1180. The molecule has 0 spiro atoms. The Morgan fingerprint density at radius 3 is 2.03 bits per heavy atom. The summed E-state index contributed by atoms with van der Waals surface area (Å²) in [5, 5.41) is 0. The van der Waals surface area contributed by atoms with E-state index in [2.05, 4.69) is 15.9 Å². The number of rotatable bonds is 5. The fourth-order valence-corrected chi connectivity index (χ4v) is 3.43. The monoisotopic (exact) mass is 468 g/mol. The van der Waals surface area contributed by atoms with Crippen LogP contribution in [0.3, 0.4) is 0 Å².